The summed E-state index contributed by atoms with van der Waals surface area (Å²) in [7, 11) is 1.69. The summed E-state index contributed by atoms with van der Waals surface area (Å²) in [5.41, 5.74) is 2.92. The Hall–Kier alpha value is -0.790. The molecular formula is C12H17BrN2O. The van der Waals surface area contributed by atoms with Crippen LogP contribution in [0.5, 0.6) is 0 Å². The predicted octanol–water partition coefficient (Wildman–Crippen LogP) is 3.20. The van der Waals surface area contributed by atoms with Crippen molar-refractivity contribution in [2.45, 2.75) is 33.2 Å². The second-order valence-electron chi connectivity index (χ2n) is 4.07. The van der Waals surface area contributed by atoms with Crippen molar-refractivity contribution >= 4 is 15.9 Å². The van der Waals surface area contributed by atoms with Gasteiger partial charge in [0.2, 0.25) is 0 Å². The zero-order chi connectivity index (χ0) is 12.3. The maximum atomic E-state index is 9.12. The fourth-order valence-corrected chi connectivity index (χ4v) is 2.93. The minimum absolute atomic E-state index is 0.382. The quantitative estimate of drug-likeness (QED) is 0.852. The molecular weight excluding hydrogens is 268 g/mol. The highest BCUT2D eigenvalue weighted by Crippen LogP contribution is 2.32. The SMILES string of the molecule is COCCn1c(C)c(C#N)c(Br)c1C(C)C. The molecule has 1 rings (SSSR count). The highest BCUT2D eigenvalue weighted by molar-refractivity contribution is 9.10. The molecule has 16 heavy (non-hydrogen) atoms. The third kappa shape index (κ3) is 2.31. The van der Waals surface area contributed by atoms with Gasteiger partial charge in [-0.1, -0.05) is 13.8 Å². The Kier molecular flexibility index (Phi) is 4.57. The van der Waals surface area contributed by atoms with Crippen LogP contribution in [0.2, 0.25) is 0 Å². The third-order valence-electron chi connectivity index (χ3n) is 2.68. The summed E-state index contributed by atoms with van der Waals surface area (Å²) >= 11 is 3.52. The number of aromatic nitrogens is 1. The van der Waals surface area contributed by atoms with Gasteiger partial charge in [-0.05, 0) is 28.8 Å². The van der Waals surface area contributed by atoms with Crippen LogP contribution in [0.1, 0.15) is 36.7 Å². The second kappa shape index (κ2) is 5.51. The molecule has 0 amide bonds. The van der Waals surface area contributed by atoms with Crippen molar-refractivity contribution < 1.29 is 4.74 Å². The number of methoxy groups -OCH3 is 1. The minimum atomic E-state index is 0.382. The number of hydrogen-bond acceptors (Lipinski definition) is 2. The van der Waals surface area contributed by atoms with Gasteiger partial charge in [-0.2, -0.15) is 5.26 Å². The van der Waals surface area contributed by atoms with Crippen LogP contribution in [0, 0.1) is 18.3 Å². The lowest BCUT2D eigenvalue weighted by Crippen LogP contribution is -2.10. The molecule has 0 atom stereocenters. The normalized spacial score (nSPS) is 10.8. The van der Waals surface area contributed by atoms with Gasteiger partial charge in [0.15, 0.2) is 0 Å². The molecule has 0 spiro atoms. The van der Waals surface area contributed by atoms with E-state index in [1.165, 1.54) is 5.69 Å². The van der Waals surface area contributed by atoms with Crippen molar-refractivity contribution in [1.29, 1.82) is 5.26 Å². The van der Waals surface area contributed by atoms with Crippen LogP contribution >= 0.6 is 15.9 Å². The van der Waals surface area contributed by atoms with Crippen molar-refractivity contribution in [3.63, 3.8) is 0 Å². The van der Waals surface area contributed by atoms with Crippen molar-refractivity contribution in [3.05, 3.63) is 21.4 Å². The van der Waals surface area contributed by atoms with Crippen LogP contribution < -0.4 is 0 Å². The molecule has 0 unspecified atom stereocenters. The van der Waals surface area contributed by atoms with Gasteiger partial charge in [0.1, 0.15) is 6.07 Å². The van der Waals surface area contributed by atoms with Gasteiger partial charge in [-0.3, -0.25) is 0 Å². The Morgan fingerprint density at radius 2 is 2.12 bits per heavy atom. The van der Waals surface area contributed by atoms with E-state index in [1.807, 2.05) is 6.92 Å². The van der Waals surface area contributed by atoms with Gasteiger partial charge in [-0.25, -0.2) is 0 Å². The van der Waals surface area contributed by atoms with Crippen molar-refractivity contribution in [2.24, 2.45) is 0 Å². The summed E-state index contributed by atoms with van der Waals surface area (Å²) in [6, 6.07) is 2.25. The summed E-state index contributed by atoms with van der Waals surface area (Å²) in [6.45, 7) is 7.68. The summed E-state index contributed by atoms with van der Waals surface area (Å²) < 4.78 is 8.19. The van der Waals surface area contributed by atoms with E-state index in [9.17, 15) is 0 Å². The van der Waals surface area contributed by atoms with Crippen LogP contribution in [0.3, 0.4) is 0 Å². The monoisotopic (exact) mass is 284 g/mol. The van der Waals surface area contributed by atoms with Gasteiger partial charge >= 0.3 is 0 Å². The predicted molar refractivity (Wildman–Crippen MR) is 67.5 cm³/mol. The van der Waals surface area contributed by atoms with Crippen molar-refractivity contribution in [3.8, 4) is 6.07 Å². The standard InChI is InChI=1S/C12H17BrN2O/c1-8(2)12-11(13)10(7-14)9(3)15(12)5-6-16-4/h8H,5-6H2,1-4H3. The molecule has 1 aromatic rings. The van der Waals surface area contributed by atoms with Crippen LogP contribution in [0.15, 0.2) is 4.47 Å². The molecule has 0 N–H and O–H groups in total. The first-order chi connectivity index (χ1) is 7.54. The summed E-state index contributed by atoms with van der Waals surface area (Å²) in [5, 5.41) is 9.12. The highest BCUT2D eigenvalue weighted by Gasteiger charge is 2.20. The number of ether oxygens (including phenoxy) is 1. The fraction of sp³-hybridized carbons (Fsp3) is 0.583. The number of rotatable bonds is 4. The van der Waals surface area contributed by atoms with Gasteiger partial charge < -0.3 is 9.30 Å². The molecule has 0 aromatic carbocycles. The van der Waals surface area contributed by atoms with E-state index in [4.69, 9.17) is 10.00 Å². The highest BCUT2D eigenvalue weighted by atomic mass is 79.9. The third-order valence-corrected chi connectivity index (χ3v) is 3.48. The number of hydrogen-bond donors (Lipinski definition) is 0. The molecule has 4 heteroatoms. The van der Waals surface area contributed by atoms with E-state index in [0.717, 1.165) is 22.3 Å². The first kappa shape index (κ1) is 13.3. The maximum Gasteiger partial charge on any atom is 0.102 e. The molecule has 1 aromatic heterocycles. The van der Waals surface area contributed by atoms with Crippen molar-refractivity contribution in [1.82, 2.24) is 4.57 Å². The first-order valence-electron chi connectivity index (χ1n) is 5.32. The molecule has 0 saturated heterocycles. The Balaban J connectivity index is 3.28. The van der Waals surface area contributed by atoms with Crippen LogP contribution in [-0.4, -0.2) is 18.3 Å². The summed E-state index contributed by atoms with van der Waals surface area (Å²) in [6.07, 6.45) is 0. The Bertz CT molecular complexity index is 416. The summed E-state index contributed by atoms with van der Waals surface area (Å²) in [4.78, 5) is 0. The molecule has 88 valence electrons. The first-order valence-corrected chi connectivity index (χ1v) is 6.11. The lowest BCUT2D eigenvalue weighted by atomic mass is 10.1. The Morgan fingerprint density at radius 1 is 1.50 bits per heavy atom. The Morgan fingerprint density at radius 3 is 2.56 bits per heavy atom. The van der Waals surface area contributed by atoms with Gasteiger partial charge in [0.25, 0.3) is 0 Å². The fourth-order valence-electron chi connectivity index (χ4n) is 1.89. The number of nitriles is 1. The average Bonchev–Trinajstić information content (AvgIpc) is 2.47. The van der Waals surface area contributed by atoms with Gasteiger partial charge in [0, 0.05) is 25.0 Å². The molecule has 0 aliphatic carbocycles. The van der Waals surface area contributed by atoms with E-state index in [-0.39, 0.29) is 0 Å². The molecule has 0 aliphatic heterocycles. The number of nitrogens with zero attached hydrogens (tertiary/aromatic N) is 2. The summed E-state index contributed by atoms with van der Waals surface area (Å²) in [5.74, 6) is 0.382. The zero-order valence-electron chi connectivity index (χ0n) is 10.2. The van der Waals surface area contributed by atoms with Crippen molar-refractivity contribution in [2.75, 3.05) is 13.7 Å². The lowest BCUT2D eigenvalue weighted by Gasteiger charge is -2.13. The molecule has 1 heterocycles. The number of halogens is 1. The molecule has 0 radical (unpaired) electrons. The topological polar surface area (TPSA) is 38.0 Å². The molecule has 0 aliphatic rings. The van der Waals surface area contributed by atoms with Crippen LogP contribution in [-0.2, 0) is 11.3 Å². The van der Waals surface area contributed by atoms with Crippen LogP contribution in [0.25, 0.3) is 0 Å². The Labute approximate surface area is 105 Å². The maximum absolute atomic E-state index is 9.12. The second-order valence-corrected chi connectivity index (χ2v) is 4.86. The minimum Gasteiger partial charge on any atom is -0.383 e. The van der Waals surface area contributed by atoms with E-state index < -0.39 is 0 Å². The van der Waals surface area contributed by atoms with E-state index in [2.05, 4.69) is 40.4 Å². The molecule has 3 nitrogen and oxygen atoms in total. The van der Waals surface area contributed by atoms with E-state index in [1.54, 1.807) is 7.11 Å². The van der Waals surface area contributed by atoms with E-state index in [0.29, 0.717) is 12.5 Å². The van der Waals surface area contributed by atoms with Gasteiger partial charge in [-0.15, -0.1) is 0 Å². The smallest absolute Gasteiger partial charge is 0.102 e. The lowest BCUT2D eigenvalue weighted by molar-refractivity contribution is 0.185. The molecule has 0 fully saturated rings. The molecule has 0 saturated carbocycles. The zero-order valence-corrected chi connectivity index (χ0v) is 11.8. The largest absolute Gasteiger partial charge is 0.383 e. The molecule has 0 bridgehead atoms. The average molecular weight is 285 g/mol. The van der Waals surface area contributed by atoms with Gasteiger partial charge in [0.05, 0.1) is 16.6 Å². The van der Waals surface area contributed by atoms with Crippen LogP contribution in [0.4, 0.5) is 0 Å². The van der Waals surface area contributed by atoms with E-state index >= 15 is 0 Å².